The first kappa shape index (κ1) is 13.8. The molecule has 1 aromatic heterocycles. The highest BCUT2D eigenvalue weighted by molar-refractivity contribution is 5.32. The van der Waals surface area contributed by atoms with E-state index in [1.807, 2.05) is 29.1 Å². The molecule has 102 valence electrons. The fraction of sp³-hybridized carbons (Fsp3) is 0.438. The van der Waals surface area contributed by atoms with Crippen molar-refractivity contribution >= 4 is 0 Å². The maximum absolute atomic E-state index is 6.23. The summed E-state index contributed by atoms with van der Waals surface area (Å²) in [6.45, 7) is 6.56. The SMILES string of the molecule is CC(C)(C)C(N)CCc1ccnn1-c1ccccc1. The Bertz CT molecular complexity index is 508. The number of hydrogen-bond donors (Lipinski definition) is 1. The molecular weight excluding hydrogens is 234 g/mol. The van der Waals surface area contributed by atoms with Gasteiger partial charge in [-0.1, -0.05) is 39.0 Å². The lowest BCUT2D eigenvalue weighted by atomic mass is 9.84. The second-order valence-electron chi connectivity index (χ2n) is 6.08. The second kappa shape index (κ2) is 5.57. The molecule has 1 unspecified atom stereocenters. The Morgan fingerprint density at radius 1 is 1.16 bits per heavy atom. The van der Waals surface area contributed by atoms with Crippen LogP contribution in [-0.2, 0) is 6.42 Å². The van der Waals surface area contributed by atoms with E-state index >= 15 is 0 Å². The Kier molecular flexibility index (Phi) is 4.05. The van der Waals surface area contributed by atoms with Crippen molar-refractivity contribution < 1.29 is 0 Å². The Morgan fingerprint density at radius 3 is 2.47 bits per heavy atom. The zero-order valence-electron chi connectivity index (χ0n) is 12.0. The highest BCUT2D eigenvalue weighted by Crippen LogP contribution is 2.21. The third-order valence-corrected chi connectivity index (χ3v) is 3.55. The van der Waals surface area contributed by atoms with Crippen molar-refractivity contribution in [1.29, 1.82) is 0 Å². The molecule has 2 rings (SSSR count). The molecule has 0 saturated carbocycles. The molecule has 1 atom stereocenters. The highest BCUT2D eigenvalue weighted by Gasteiger charge is 2.20. The maximum atomic E-state index is 6.23. The van der Waals surface area contributed by atoms with Gasteiger partial charge < -0.3 is 5.73 Å². The molecule has 0 fully saturated rings. The van der Waals surface area contributed by atoms with Gasteiger partial charge in [0.2, 0.25) is 0 Å². The zero-order valence-corrected chi connectivity index (χ0v) is 12.0. The van der Waals surface area contributed by atoms with Gasteiger partial charge in [-0.05, 0) is 36.5 Å². The third-order valence-electron chi connectivity index (χ3n) is 3.55. The van der Waals surface area contributed by atoms with Gasteiger partial charge in [-0.15, -0.1) is 0 Å². The minimum absolute atomic E-state index is 0.150. The standard InChI is InChI=1S/C16H23N3/c1-16(2,3)15(17)10-9-14-11-12-18-19(14)13-7-5-4-6-8-13/h4-8,11-12,15H,9-10,17H2,1-3H3. The summed E-state index contributed by atoms with van der Waals surface area (Å²) in [7, 11) is 0. The van der Waals surface area contributed by atoms with E-state index in [1.165, 1.54) is 5.69 Å². The number of para-hydroxylation sites is 1. The summed E-state index contributed by atoms with van der Waals surface area (Å²) in [5, 5.41) is 4.40. The van der Waals surface area contributed by atoms with Crippen LogP contribution >= 0.6 is 0 Å². The van der Waals surface area contributed by atoms with Crippen molar-refractivity contribution in [2.45, 2.75) is 39.7 Å². The predicted octanol–water partition coefficient (Wildman–Crippen LogP) is 3.18. The van der Waals surface area contributed by atoms with Crippen LogP contribution < -0.4 is 5.73 Å². The van der Waals surface area contributed by atoms with Gasteiger partial charge in [-0.25, -0.2) is 4.68 Å². The molecule has 3 nitrogen and oxygen atoms in total. The van der Waals surface area contributed by atoms with E-state index in [0.717, 1.165) is 18.5 Å². The topological polar surface area (TPSA) is 43.8 Å². The number of benzene rings is 1. The molecule has 2 N–H and O–H groups in total. The molecule has 0 radical (unpaired) electrons. The number of hydrogen-bond acceptors (Lipinski definition) is 2. The molecule has 1 heterocycles. The van der Waals surface area contributed by atoms with Crippen molar-refractivity contribution in [1.82, 2.24) is 9.78 Å². The van der Waals surface area contributed by atoms with Gasteiger partial charge in [0, 0.05) is 17.9 Å². The van der Waals surface area contributed by atoms with Crippen molar-refractivity contribution in [3.8, 4) is 5.69 Å². The minimum Gasteiger partial charge on any atom is -0.327 e. The van der Waals surface area contributed by atoms with Crippen LogP contribution in [0.4, 0.5) is 0 Å². The number of aryl methyl sites for hydroxylation is 1. The van der Waals surface area contributed by atoms with Gasteiger partial charge in [0.1, 0.15) is 0 Å². The van der Waals surface area contributed by atoms with Gasteiger partial charge in [-0.2, -0.15) is 5.10 Å². The summed E-state index contributed by atoms with van der Waals surface area (Å²) in [6, 6.07) is 12.5. The molecule has 1 aromatic carbocycles. The molecule has 2 aromatic rings. The molecule has 3 heteroatoms. The van der Waals surface area contributed by atoms with Gasteiger partial charge >= 0.3 is 0 Å². The van der Waals surface area contributed by atoms with Crippen molar-refractivity contribution in [3.63, 3.8) is 0 Å². The van der Waals surface area contributed by atoms with Crippen LogP contribution in [-0.4, -0.2) is 15.8 Å². The summed E-state index contributed by atoms with van der Waals surface area (Å²) in [5.74, 6) is 0. The molecule has 0 bridgehead atoms. The predicted molar refractivity (Wildman–Crippen MR) is 79.3 cm³/mol. The lowest BCUT2D eigenvalue weighted by molar-refractivity contribution is 0.305. The first-order valence-electron chi connectivity index (χ1n) is 6.82. The first-order chi connectivity index (χ1) is 8.98. The lowest BCUT2D eigenvalue weighted by Gasteiger charge is -2.27. The first-order valence-corrected chi connectivity index (χ1v) is 6.82. The number of nitrogens with two attached hydrogens (primary N) is 1. The van der Waals surface area contributed by atoms with Crippen molar-refractivity contribution in [2.75, 3.05) is 0 Å². The Balaban J connectivity index is 2.09. The Morgan fingerprint density at radius 2 is 1.84 bits per heavy atom. The number of aromatic nitrogens is 2. The summed E-state index contributed by atoms with van der Waals surface area (Å²) in [4.78, 5) is 0. The second-order valence-corrected chi connectivity index (χ2v) is 6.08. The van der Waals surface area contributed by atoms with E-state index in [-0.39, 0.29) is 11.5 Å². The normalized spacial score (nSPS) is 13.5. The van der Waals surface area contributed by atoms with Crippen LogP contribution in [0.3, 0.4) is 0 Å². The van der Waals surface area contributed by atoms with Crippen LogP contribution in [0.2, 0.25) is 0 Å². The van der Waals surface area contributed by atoms with Crippen LogP contribution in [0.1, 0.15) is 32.9 Å². The molecule has 0 aliphatic heterocycles. The summed E-state index contributed by atoms with van der Waals surface area (Å²) in [5.41, 5.74) is 8.69. The monoisotopic (exact) mass is 257 g/mol. The molecule has 0 amide bonds. The van der Waals surface area contributed by atoms with Crippen LogP contribution in [0, 0.1) is 5.41 Å². The van der Waals surface area contributed by atoms with Crippen LogP contribution in [0.15, 0.2) is 42.6 Å². The third kappa shape index (κ3) is 3.44. The molecule has 0 aliphatic rings. The molecule has 0 saturated heterocycles. The van der Waals surface area contributed by atoms with E-state index in [2.05, 4.69) is 44.1 Å². The molecule has 0 spiro atoms. The van der Waals surface area contributed by atoms with Gasteiger partial charge in [-0.3, -0.25) is 0 Å². The fourth-order valence-electron chi connectivity index (χ4n) is 2.06. The molecule has 19 heavy (non-hydrogen) atoms. The average Bonchev–Trinajstić information content (AvgIpc) is 2.84. The van der Waals surface area contributed by atoms with E-state index in [1.54, 1.807) is 0 Å². The Labute approximate surface area is 115 Å². The number of rotatable bonds is 4. The zero-order chi connectivity index (χ0) is 13.9. The van der Waals surface area contributed by atoms with Crippen LogP contribution in [0.5, 0.6) is 0 Å². The summed E-state index contributed by atoms with van der Waals surface area (Å²) >= 11 is 0. The molecule has 0 aliphatic carbocycles. The minimum atomic E-state index is 0.150. The highest BCUT2D eigenvalue weighted by atomic mass is 15.3. The van der Waals surface area contributed by atoms with Crippen molar-refractivity contribution in [2.24, 2.45) is 11.1 Å². The van der Waals surface area contributed by atoms with E-state index in [4.69, 9.17) is 5.73 Å². The van der Waals surface area contributed by atoms with Crippen LogP contribution in [0.25, 0.3) is 5.69 Å². The van der Waals surface area contributed by atoms with Gasteiger partial charge in [0.05, 0.1) is 5.69 Å². The summed E-state index contributed by atoms with van der Waals surface area (Å²) < 4.78 is 2.00. The average molecular weight is 257 g/mol. The van der Waals surface area contributed by atoms with E-state index in [0.29, 0.717) is 0 Å². The van der Waals surface area contributed by atoms with E-state index in [9.17, 15) is 0 Å². The van der Waals surface area contributed by atoms with Crippen molar-refractivity contribution in [3.05, 3.63) is 48.3 Å². The van der Waals surface area contributed by atoms with Gasteiger partial charge in [0.15, 0.2) is 0 Å². The Hall–Kier alpha value is -1.61. The quantitative estimate of drug-likeness (QED) is 0.914. The largest absolute Gasteiger partial charge is 0.327 e. The maximum Gasteiger partial charge on any atom is 0.0648 e. The van der Waals surface area contributed by atoms with E-state index < -0.39 is 0 Å². The lowest BCUT2D eigenvalue weighted by Crippen LogP contribution is -2.35. The fourth-order valence-corrected chi connectivity index (χ4v) is 2.06. The molecular formula is C16H23N3. The smallest absolute Gasteiger partial charge is 0.0648 e. The number of nitrogens with zero attached hydrogens (tertiary/aromatic N) is 2. The summed E-state index contributed by atoms with van der Waals surface area (Å²) in [6.07, 6.45) is 3.78. The van der Waals surface area contributed by atoms with Gasteiger partial charge in [0.25, 0.3) is 0 Å².